The van der Waals surface area contributed by atoms with Crippen LogP contribution in [0.15, 0.2) is 146 Å². The van der Waals surface area contributed by atoms with Gasteiger partial charge in [0.1, 0.15) is 0 Å². The molecule has 45 heavy (non-hydrogen) atoms. The van der Waals surface area contributed by atoms with E-state index in [9.17, 15) is 0 Å². The SMILES string of the molecule is Cc1ccc(C(C#Cc2ccccc2)c2ccc3[nH]c4ccc(C(C#Cc5ccccc5)c5ccc(C)cc5)cc4c3c2)cc1. The van der Waals surface area contributed by atoms with Crippen LogP contribution in [-0.4, -0.2) is 4.98 Å². The molecule has 1 heterocycles. The Morgan fingerprint density at radius 1 is 0.422 bits per heavy atom. The summed E-state index contributed by atoms with van der Waals surface area (Å²) in [6.45, 7) is 4.25. The molecular formula is C44H33N. The van der Waals surface area contributed by atoms with E-state index in [0.717, 1.165) is 22.2 Å². The summed E-state index contributed by atoms with van der Waals surface area (Å²) in [5, 5.41) is 2.39. The van der Waals surface area contributed by atoms with Gasteiger partial charge in [-0.05, 0) is 84.6 Å². The fourth-order valence-corrected chi connectivity index (χ4v) is 5.88. The predicted octanol–water partition coefficient (Wildman–Crippen LogP) is 10.3. The number of aromatic amines is 1. The lowest BCUT2D eigenvalue weighted by atomic mass is 9.89. The third-order valence-corrected chi connectivity index (χ3v) is 8.40. The van der Waals surface area contributed by atoms with Crippen LogP contribution in [0.25, 0.3) is 21.8 Å². The summed E-state index contributed by atoms with van der Waals surface area (Å²) in [4.78, 5) is 3.65. The molecule has 1 aromatic heterocycles. The molecule has 7 rings (SSSR count). The predicted molar refractivity (Wildman–Crippen MR) is 188 cm³/mol. The van der Waals surface area contributed by atoms with Crippen molar-refractivity contribution in [3.8, 4) is 23.7 Å². The summed E-state index contributed by atoms with van der Waals surface area (Å²) in [6.07, 6.45) is 0. The van der Waals surface area contributed by atoms with E-state index in [1.54, 1.807) is 0 Å². The Hall–Kier alpha value is -5.76. The number of H-pyrrole nitrogens is 1. The molecule has 0 amide bonds. The highest BCUT2D eigenvalue weighted by Gasteiger charge is 2.17. The molecule has 2 atom stereocenters. The van der Waals surface area contributed by atoms with E-state index in [1.807, 2.05) is 36.4 Å². The lowest BCUT2D eigenvalue weighted by Gasteiger charge is -2.14. The highest BCUT2D eigenvalue weighted by atomic mass is 14.7. The Morgan fingerprint density at radius 3 is 1.20 bits per heavy atom. The monoisotopic (exact) mass is 575 g/mol. The molecule has 0 bridgehead atoms. The zero-order valence-corrected chi connectivity index (χ0v) is 25.5. The molecule has 0 spiro atoms. The Labute approximate surface area is 265 Å². The van der Waals surface area contributed by atoms with Crippen molar-refractivity contribution < 1.29 is 0 Å². The zero-order chi connectivity index (χ0) is 30.6. The molecule has 1 nitrogen and oxygen atoms in total. The van der Waals surface area contributed by atoms with Gasteiger partial charge in [-0.25, -0.2) is 0 Å². The Kier molecular flexibility index (Phi) is 7.76. The first-order valence-electron chi connectivity index (χ1n) is 15.4. The molecule has 6 aromatic carbocycles. The van der Waals surface area contributed by atoms with Gasteiger partial charge in [0.25, 0.3) is 0 Å². The summed E-state index contributed by atoms with van der Waals surface area (Å²) in [5.74, 6) is 14.0. The van der Waals surface area contributed by atoms with Crippen molar-refractivity contribution in [2.45, 2.75) is 25.7 Å². The van der Waals surface area contributed by atoms with Crippen LogP contribution in [0.3, 0.4) is 0 Å². The summed E-state index contributed by atoms with van der Waals surface area (Å²) >= 11 is 0. The van der Waals surface area contributed by atoms with E-state index in [2.05, 4.69) is 152 Å². The molecule has 0 aliphatic heterocycles. The summed E-state index contributed by atoms with van der Waals surface area (Å²) < 4.78 is 0. The number of nitrogens with one attached hydrogen (secondary N) is 1. The van der Waals surface area contributed by atoms with Crippen LogP contribution in [0.1, 0.15) is 56.3 Å². The topological polar surface area (TPSA) is 15.8 Å². The largest absolute Gasteiger partial charge is 0.355 e. The maximum atomic E-state index is 3.65. The third kappa shape index (κ3) is 6.17. The first-order valence-corrected chi connectivity index (χ1v) is 15.4. The van der Waals surface area contributed by atoms with Gasteiger partial charge >= 0.3 is 0 Å². The number of benzene rings is 6. The smallest absolute Gasteiger partial charge is 0.0706 e. The standard InChI is InChI=1S/C44H33N/c1-31-13-19-35(20-14-31)39(25-17-33-9-5-3-6-10-33)37-23-27-43-41(29-37)42-30-38(24-28-44(42)45-43)40(36-21-15-32(2)16-22-36)26-18-34-11-7-4-8-12-34/h3-16,19-24,27-30,39-40,45H,1-2H3. The second kappa shape index (κ2) is 12.5. The molecule has 2 unspecified atom stereocenters. The summed E-state index contributed by atoms with van der Waals surface area (Å²) in [6, 6.07) is 51.4. The van der Waals surface area contributed by atoms with Gasteiger partial charge in [-0.1, -0.05) is 132 Å². The van der Waals surface area contributed by atoms with Crippen molar-refractivity contribution in [1.82, 2.24) is 4.98 Å². The van der Waals surface area contributed by atoms with Crippen LogP contribution < -0.4 is 0 Å². The van der Waals surface area contributed by atoms with Crippen LogP contribution in [0.5, 0.6) is 0 Å². The fourth-order valence-electron chi connectivity index (χ4n) is 5.88. The molecule has 0 aliphatic carbocycles. The first kappa shape index (κ1) is 28.0. The Bertz CT molecular complexity index is 2050. The van der Waals surface area contributed by atoms with Gasteiger partial charge in [0.2, 0.25) is 0 Å². The lowest BCUT2D eigenvalue weighted by Crippen LogP contribution is -1.99. The summed E-state index contributed by atoms with van der Waals surface area (Å²) in [5.41, 5.74) is 11.5. The fraction of sp³-hybridized carbons (Fsp3) is 0.0909. The van der Waals surface area contributed by atoms with Gasteiger partial charge in [0.15, 0.2) is 0 Å². The van der Waals surface area contributed by atoms with Gasteiger partial charge in [0, 0.05) is 32.9 Å². The van der Waals surface area contributed by atoms with Gasteiger partial charge in [-0.2, -0.15) is 0 Å². The molecule has 0 saturated carbocycles. The molecule has 0 saturated heterocycles. The highest BCUT2D eigenvalue weighted by Crippen LogP contribution is 2.34. The minimum absolute atomic E-state index is 0.0552. The molecule has 0 fully saturated rings. The molecule has 0 radical (unpaired) electrons. The summed E-state index contributed by atoms with van der Waals surface area (Å²) in [7, 11) is 0. The van der Waals surface area contributed by atoms with Gasteiger partial charge < -0.3 is 4.98 Å². The van der Waals surface area contributed by atoms with Gasteiger partial charge in [-0.3, -0.25) is 0 Å². The van der Waals surface area contributed by atoms with Crippen molar-refractivity contribution in [3.63, 3.8) is 0 Å². The van der Waals surface area contributed by atoms with Crippen molar-refractivity contribution in [2.75, 3.05) is 0 Å². The third-order valence-electron chi connectivity index (χ3n) is 8.40. The van der Waals surface area contributed by atoms with E-state index in [1.165, 1.54) is 44.2 Å². The molecule has 1 heteroatoms. The molecule has 7 aromatic rings. The lowest BCUT2D eigenvalue weighted by molar-refractivity contribution is 1.06. The maximum absolute atomic E-state index is 3.65. The van der Waals surface area contributed by atoms with E-state index in [-0.39, 0.29) is 11.8 Å². The highest BCUT2D eigenvalue weighted by molar-refractivity contribution is 6.07. The zero-order valence-electron chi connectivity index (χ0n) is 25.5. The maximum Gasteiger partial charge on any atom is 0.0706 e. The number of hydrogen-bond acceptors (Lipinski definition) is 0. The van der Waals surface area contributed by atoms with Crippen molar-refractivity contribution in [1.29, 1.82) is 0 Å². The number of aryl methyl sites for hydroxylation is 2. The second-order valence-electron chi connectivity index (χ2n) is 11.7. The molecule has 1 N–H and O–H groups in total. The molecule has 214 valence electrons. The normalized spacial score (nSPS) is 12.1. The average Bonchev–Trinajstić information content (AvgIpc) is 3.45. The first-order chi connectivity index (χ1) is 22.1. The molecular weight excluding hydrogens is 542 g/mol. The van der Waals surface area contributed by atoms with Crippen LogP contribution >= 0.6 is 0 Å². The van der Waals surface area contributed by atoms with Crippen molar-refractivity contribution in [2.24, 2.45) is 0 Å². The minimum Gasteiger partial charge on any atom is -0.355 e. The van der Waals surface area contributed by atoms with E-state index < -0.39 is 0 Å². The van der Waals surface area contributed by atoms with Crippen LogP contribution in [0.2, 0.25) is 0 Å². The Morgan fingerprint density at radius 2 is 0.800 bits per heavy atom. The quantitative estimate of drug-likeness (QED) is 0.201. The van der Waals surface area contributed by atoms with Gasteiger partial charge in [0.05, 0.1) is 11.8 Å². The van der Waals surface area contributed by atoms with Gasteiger partial charge in [-0.15, -0.1) is 0 Å². The van der Waals surface area contributed by atoms with Crippen LogP contribution in [0.4, 0.5) is 0 Å². The average molecular weight is 576 g/mol. The van der Waals surface area contributed by atoms with E-state index >= 15 is 0 Å². The van der Waals surface area contributed by atoms with Crippen molar-refractivity contribution in [3.05, 3.63) is 190 Å². The number of rotatable bonds is 4. The Balaban J connectivity index is 1.35. The van der Waals surface area contributed by atoms with Crippen LogP contribution in [0, 0.1) is 37.5 Å². The van der Waals surface area contributed by atoms with Crippen LogP contribution in [-0.2, 0) is 0 Å². The number of fused-ring (bicyclic) bond motifs is 3. The number of aromatic nitrogens is 1. The van der Waals surface area contributed by atoms with E-state index in [4.69, 9.17) is 0 Å². The minimum atomic E-state index is -0.0552. The second-order valence-corrected chi connectivity index (χ2v) is 11.7. The van der Waals surface area contributed by atoms with Crippen molar-refractivity contribution >= 4 is 21.8 Å². The van der Waals surface area contributed by atoms with E-state index in [0.29, 0.717) is 0 Å². The number of hydrogen-bond donors (Lipinski definition) is 1. The molecule has 0 aliphatic rings.